The van der Waals surface area contributed by atoms with Crippen LogP contribution in [-0.4, -0.2) is 15.7 Å². The van der Waals surface area contributed by atoms with Crippen LogP contribution in [0, 0.1) is 6.92 Å². The Hall–Kier alpha value is -1.74. The topological polar surface area (TPSA) is 28.7 Å². The summed E-state index contributed by atoms with van der Waals surface area (Å²) < 4.78 is 0. The van der Waals surface area contributed by atoms with E-state index in [1.165, 1.54) is 16.0 Å². The third kappa shape index (κ3) is 1.69. The number of nitrogens with one attached hydrogen (secondary N) is 1. The molecule has 2 heterocycles. The fraction of sp³-hybridized carbons (Fsp3) is 0.188. The fourth-order valence-corrected chi connectivity index (χ4v) is 3.98. The van der Waals surface area contributed by atoms with Crippen molar-refractivity contribution < 1.29 is 0 Å². The van der Waals surface area contributed by atoms with Crippen molar-refractivity contribution in [2.24, 2.45) is 0 Å². The third-order valence-electron chi connectivity index (χ3n) is 3.76. The summed E-state index contributed by atoms with van der Waals surface area (Å²) in [7, 11) is 0. The van der Waals surface area contributed by atoms with E-state index in [-0.39, 0.29) is 0 Å². The van der Waals surface area contributed by atoms with Gasteiger partial charge < -0.3 is 4.98 Å². The van der Waals surface area contributed by atoms with Crippen LogP contribution in [-0.2, 0) is 0 Å². The van der Waals surface area contributed by atoms with E-state index in [9.17, 15) is 0 Å². The van der Waals surface area contributed by atoms with Crippen LogP contribution >= 0.6 is 11.8 Å². The number of thioether (sulfide) groups is 1. The minimum Gasteiger partial charge on any atom is -0.341 e. The number of rotatable bonds is 1. The van der Waals surface area contributed by atoms with Crippen molar-refractivity contribution in [3.63, 3.8) is 0 Å². The quantitative estimate of drug-likeness (QED) is 0.718. The lowest BCUT2D eigenvalue weighted by Gasteiger charge is -2.06. The van der Waals surface area contributed by atoms with Gasteiger partial charge in [0.25, 0.3) is 0 Å². The summed E-state index contributed by atoms with van der Waals surface area (Å²) in [5.74, 6) is 2.58. The number of fused-ring (bicyclic) bond motifs is 2. The molecule has 0 saturated carbocycles. The van der Waals surface area contributed by atoms with Crippen LogP contribution in [0.3, 0.4) is 0 Å². The second-order valence-corrected chi connectivity index (χ2v) is 6.06. The number of aromatic nitrogens is 2. The zero-order valence-corrected chi connectivity index (χ0v) is 11.5. The van der Waals surface area contributed by atoms with Crippen molar-refractivity contribution in [1.82, 2.24) is 9.97 Å². The number of benzene rings is 2. The van der Waals surface area contributed by atoms with Gasteiger partial charge in [-0.1, -0.05) is 30.3 Å². The molecule has 0 spiro atoms. The SMILES string of the molecule is Cc1cccc2[nH]c(C3CSc4ccccc43)nc12. The molecule has 0 amide bonds. The van der Waals surface area contributed by atoms with E-state index in [2.05, 4.69) is 54.4 Å². The van der Waals surface area contributed by atoms with Gasteiger partial charge in [-0.15, -0.1) is 11.8 Å². The summed E-state index contributed by atoms with van der Waals surface area (Å²) in [4.78, 5) is 9.71. The molecule has 1 aromatic heterocycles. The Bertz CT molecular complexity index is 760. The van der Waals surface area contributed by atoms with E-state index in [0.29, 0.717) is 5.92 Å². The smallest absolute Gasteiger partial charge is 0.115 e. The van der Waals surface area contributed by atoms with Crippen molar-refractivity contribution in [3.8, 4) is 0 Å². The Morgan fingerprint density at radius 3 is 2.95 bits per heavy atom. The van der Waals surface area contributed by atoms with Crippen LogP contribution in [0.2, 0.25) is 0 Å². The molecule has 1 unspecified atom stereocenters. The maximum absolute atomic E-state index is 4.82. The first kappa shape index (κ1) is 11.1. The first-order valence-corrected chi connectivity index (χ1v) is 7.48. The number of para-hydroxylation sites is 1. The van der Waals surface area contributed by atoms with Crippen molar-refractivity contribution in [1.29, 1.82) is 0 Å². The molecular weight excluding hydrogens is 252 g/mol. The summed E-state index contributed by atoms with van der Waals surface area (Å²) in [5, 5.41) is 0. The summed E-state index contributed by atoms with van der Waals surface area (Å²) in [6.07, 6.45) is 0. The van der Waals surface area contributed by atoms with E-state index in [1.807, 2.05) is 11.8 Å². The largest absolute Gasteiger partial charge is 0.341 e. The highest BCUT2D eigenvalue weighted by Crippen LogP contribution is 2.42. The zero-order valence-electron chi connectivity index (χ0n) is 10.7. The standard InChI is InChI=1S/C16H14N2S/c1-10-5-4-7-13-15(10)18-16(17-13)12-9-19-14-8-3-2-6-11(12)14/h2-8,12H,9H2,1H3,(H,17,18). The summed E-state index contributed by atoms with van der Waals surface area (Å²) in [6, 6.07) is 14.9. The van der Waals surface area contributed by atoms with E-state index < -0.39 is 0 Å². The first-order valence-electron chi connectivity index (χ1n) is 6.50. The number of imidazole rings is 1. The summed E-state index contributed by atoms with van der Waals surface area (Å²) in [5.41, 5.74) is 4.89. The molecule has 3 heteroatoms. The summed E-state index contributed by atoms with van der Waals surface area (Å²) >= 11 is 1.92. The molecule has 0 saturated heterocycles. The highest BCUT2D eigenvalue weighted by molar-refractivity contribution is 7.99. The zero-order chi connectivity index (χ0) is 12.8. The predicted molar refractivity (Wildman–Crippen MR) is 79.8 cm³/mol. The second kappa shape index (κ2) is 4.14. The average Bonchev–Trinajstić information content (AvgIpc) is 3.02. The molecule has 1 aliphatic rings. The molecular formula is C16H14N2S. The number of H-pyrrole nitrogens is 1. The van der Waals surface area contributed by atoms with Gasteiger partial charge in [0.1, 0.15) is 5.82 Å². The Balaban J connectivity index is 1.86. The van der Waals surface area contributed by atoms with Crippen LogP contribution in [0.1, 0.15) is 22.9 Å². The minimum absolute atomic E-state index is 0.396. The first-order chi connectivity index (χ1) is 9.33. The van der Waals surface area contributed by atoms with E-state index in [4.69, 9.17) is 4.98 Å². The third-order valence-corrected chi connectivity index (χ3v) is 4.95. The maximum Gasteiger partial charge on any atom is 0.115 e. The molecule has 2 aromatic carbocycles. The number of aryl methyl sites for hydroxylation is 1. The molecule has 2 nitrogen and oxygen atoms in total. The molecule has 1 atom stereocenters. The molecule has 0 aliphatic carbocycles. The van der Waals surface area contributed by atoms with Crippen LogP contribution < -0.4 is 0 Å². The van der Waals surface area contributed by atoms with Gasteiger partial charge in [-0.2, -0.15) is 0 Å². The lowest BCUT2D eigenvalue weighted by molar-refractivity contribution is 0.858. The normalized spacial score (nSPS) is 17.8. The van der Waals surface area contributed by atoms with Crippen molar-refractivity contribution in [2.75, 3.05) is 5.75 Å². The van der Waals surface area contributed by atoms with Gasteiger partial charge in [0.05, 0.1) is 17.0 Å². The van der Waals surface area contributed by atoms with E-state index in [1.54, 1.807) is 0 Å². The van der Waals surface area contributed by atoms with E-state index >= 15 is 0 Å². The highest BCUT2D eigenvalue weighted by Gasteiger charge is 2.26. The van der Waals surface area contributed by atoms with Gasteiger partial charge in [-0.25, -0.2) is 4.98 Å². The number of hydrogen-bond donors (Lipinski definition) is 1. The molecule has 4 rings (SSSR count). The molecule has 3 aromatic rings. The van der Waals surface area contributed by atoms with Gasteiger partial charge in [0, 0.05) is 10.6 Å². The second-order valence-electron chi connectivity index (χ2n) is 4.99. The van der Waals surface area contributed by atoms with Gasteiger partial charge in [0.2, 0.25) is 0 Å². The molecule has 1 aliphatic heterocycles. The van der Waals surface area contributed by atoms with E-state index in [0.717, 1.165) is 22.6 Å². The highest BCUT2D eigenvalue weighted by atomic mass is 32.2. The van der Waals surface area contributed by atoms with Gasteiger partial charge in [-0.3, -0.25) is 0 Å². The predicted octanol–water partition coefficient (Wildman–Crippen LogP) is 4.11. The minimum atomic E-state index is 0.396. The lowest BCUT2D eigenvalue weighted by atomic mass is 10.0. The molecule has 0 radical (unpaired) electrons. The molecule has 94 valence electrons. The van der Waals surface area contributed by atoms with Gasteiger partial charge >= 0.3 is 0 Å². The maximum atomic E-state index is 4.82. The monoisotopic (exact) mass is 266 g/mol. The summed E-state index contributed by atoms with van der Waals surface area (Å²) in [6.45, 7) is 2.12. The Morgan fingerprint density at radius 2 is 2.05 bits per heavy atom. The van der Waals surface area contributed by atoms with Crippen LogP contribution in [0.25, 0.3) is 11.0 Å². The van der Waals surface area contributed by atoms with Gasteiger partial charge in [0.15, 0.2) is 0 Å². The molecule has 0 fully saturated rings. The van der Waals surface area contributed by atoms with Crippen molar-refractivity contribution >= 4 is 22.8 Å². The Labute approximate surface area is 116 Å². The number of aromatic amines is 1. The lowest BCUT2D eigenvalue weighted by Crippen LogP contribution is -2.01. The van der Waals surface area contributed by atoms with Crippen LogP contribution in [0.15, 0.2) is 47.4 Å². The van der Waals surface area contributed by atoms with Crippen LogP contribution in [0.5, 0.6) is 0 Å². The van der Waals surface area contributed by atoms with Gasteiger partial charge in [-0.05, 0) is 30.2 Å². The molecule has 1 N–H and O–H groups in total. The average molecular weight is 266 g/mol. The molecule has 19 heavy (non-hydrogen) atoms. The molecule has 0 bridgehead atoms. The Kier molecular flexibility index (Phi) is 2.42. The van der Waals surface area contributed by atoms with Crippen molar-refractivity contribution in [2.45, 2.75) is 17.7 Å². The Morgan fingerprint density at radius 1 is 1.16 bits per heavy atom. The number of nitrogens with zero attached hydrogens (tertiary/aromatic N) is 1. The van der Waals surface area contributed by atoms with Crippen LogP contribution in [0.4, 0.5) is 0 Å². The number of hydrogen-bond acceptors (Lipinski definition) is 2. The fourth-order valence-electron chi connectivity index (χ4n) is 2.75. The van der Waals surface area contributed by atoms with Crippen molar-refractivity contribution in [3.05, 3.63) is 59.4 Å².